The highest BCUT2D eigenvalue weighted by Crippen LogP contribution is 2.23. The number of carbonyl (C=O) groups excluding carboxylic acids is 1. The van der Waals surface area contributed by atoms with Gasteiger partial charge in [0.2, 0.25) is 5.89 Å². The normalized spacial score (nSPS) is 12.5. The molecule has 1 aromatic heterocycles. The average Bonchev–Trinajstić information content (AvgIpc) is 3.17. The first-order valence-corrected chi connectivity index (χ1v) is 10.8. The lowest BCUT2D eigenvalue weighted by Gasteiger charge is -2.10. The van der Waals surface area contributed by atoms with E-state index in [1.54, 1.807) is 19.1 Å². The number of sulfone groups is 1. The third kappa shape index (κ3) is 5.29. The summed E-state index contributed by atoms with van der Waals surface area (Å²) >= 11 is 0. The molecule has 0 saturated heterocycles. The fourth-order valence-electron chi connectivity index (χ4n) is 2.68. The van der Waals surface area contributed by atoms with Crippen molar-refractivity contribution in [2.45, 2.75) is 38.2 Å². The number of aromatic nitrogens is 2. The minimum absolute atomic E-state index is 0.149. The van der Waals surface area contributed by atoms with E-state index in [2.05, 4.69) is 10.2 Å². The van der Waals surface area contributed by atoms with E-state index in [9.17, 15) is 13.2 Å². The van der Waals surface area contributed by atoms with Crippen LogP contribution in [-0.2, 0) is 19.4 Å². The van der Waals surface area contributed by atoms with E-state index in [0.717, 1.165) is 16.7 Å². The van der Waals surface area contributed by atoms with Gasteiger partial charge >= 0.3 is 5.97 Å². The molecule has 0 N–H and O–H groups in total. The number of ether oxygens (including phenoxy) is 1. The predicted molar refractivity (Wildman–Crippen MR) is 107 cm³/mol. The monoisotopic (exact) mass is 414 g/mol. The SMILES string of the molecule is Cc1ccc(S(=O)(=O)CCC(=O)O[C@@H](C)c2nnc(-c3cccc(C)c3)o2)cc1. The van der Waals surface area contributed by atoms with Crippen LogP contribution in [0, 0.1) is 13.8 Å². The standard InChI is InChI=1S/C21H22N2O5S/c1-14-7-9-18(10-8-14)29(25,26)12-11-19(24)27-16(3)20-22-23-21(28-20)17-6-4-5-15(2)13-17/h4-10,13,16H,11-12H2,1-3H3/t16-/m0/s1. The maximum Gasteiger partial charge on any atom is 0.307 e. The Hall–Kier alpha value is -3.00. The molecule has 0 bridgehead atoms. The van der Waals surface area contributed by atoms with E-state index in [4.69, 9.17) is 9.15 Å². The summed E-state index contributed by atoms with van der Waals surface area (Å²) in [5.74, 6) is -0.506. The van der Waals surface area contributed by atoms with Gasteiger partial charge in [0.15, 0.2) is 15.9 Å². The van der Waals surface area contributed by atoms with E-state index in [-0.39, 0.29) is 23.0 Å². The lowest BCUT2D eigenvalue weighted by Crippen LogP contribution is -2.15. The molecule has 0 saturated carbocycles. The molecular weight excluding hydrogens is 392 g/mol. The number of hydrogen-bond acceptors (Lipinski definition) is 7. The van der Waals surface area contributed by atoms with Gasteiger partial charge in [-0.25, -0.2) is 8.42 Å². The van der Waals surface area contributed by atoms with Crippen LogP contribution < -0.4 is 0 Å². The molecule has 8 heteroatoms. The first kappa shape index (κ1) is 20.7. The quantitative estimate of drug-likeness (QED) is 0.542. The molecule has 0 aliphatic carbocycles. The minimum atomic E-state index is -3.56. The fraction of sp³-hybridized carbons (Fsp3) is 0.286. The fourth-order valence-corrected chi connectivity index (χ4v) is 3.90. The molecule has 3 rings (SSSR count). The van der Waals surface area contributed by atoms with Crippen molar-refractivity contribution >= 4 is 15.8 Å². The number of nitrogens with zero attached hydrogens (tertiary/aromatic N) is 2. The van der Waals surface area contributed by atoms with Gasteiger partial charge in [0, 0.05) is 5.56 Å². The van der Waals surface area contributed by atoms with Crippen molar-refractivity contribution in [1.29, 1.82) is 0 Å². The largest absolute Gasteiger partial charge is 0.453 e. The van der Waals surface area contributed by atoms with Gasteiger partial charge in [-0.3, -0.25) is 4.79 Å². The highest BCUT2D eigenvalue weighted by molar-refractivity contribution is 7.91. The van der Waals surface area contributed by atoms with Gasteiger partial charge < -0.3 is 9.15 Å². The first-order chi connectivity index (χ1) is 13.7. The predicted octanol–water partition coefficient (Wildman–Crippen LogP) is 3.82. The van der Waals surface area contributed by atoms with Crippen molar-refractivity contribution in [3.63, 3.8) is 0 Å². The maximum atomic E-state index is 12.3. The molecule has 29 heavy (non-hydrogen) atoms. The Labute approximate surface area is 169 Å². The summed E-state index contributed by atoms with van der Waals surface area (Å²) in [6.45, 7) is 5.42. The summed E-state index contributed by atoms with van der Waals surface area (Å²) in [4.78, 5) is 12.3. The van der Waals surface area contributed by atoms with E-state index in [1.807, 2.05) is 38.1 Å². The molecule has 0 unspecified atom stereocenters. The Balaban J connectivity index is 1.59. The zero-order valence-corrected chi connectivity index (χ0v) is 17.3. The van der Waals surface area contributed by atoms with E-state index < -0.39 is 21.9 Å². The van der Waals surface area contributed by atoms with Gasteiger partial charge in [-0.2, -0.15) is 0 Å². The second-order valence-corrected chi connectivity index (χ2v) is 8.94. The Bertz CT molecular complexity index is 1100. The van der Waals surface area contributed by atoms with Crippen molar-refractivity contribution < 1.29 is 22.4 Å². The molecule has 0 spiro atoms. The molecule has 0 fully saturated rings. The number of carbonyl (C=O) groups is 1. The van der Waals surface area contributed by atoms with Crippen molar-refractivity contribution in [2.75, 3.05) is 5.75 Å². The number of rotatable bonds is 7. The minimum Gasteiger partial charge on any atom is -0.453 e. The summed E-state index contributed by atoms with van der Waals surface area (Å²) in [7, 11) is -3.56. The summed E-state index contributed by atoms with van der Waals surface area (Å²) < 4.78 is 35.5. The Morgan fingerprint density at radius 2 is 1.79 bits per heavy atom. The van der Waals surface area contributed by atoms with Crippen LogP contribution in [0.15, 0.2) is 57.8 Å². The van der Waals surface area contributed by atoms with Crippen LogP contribution in [0.25, 0.3) is 11.5 Å². The highest BCUT2D eigenvalue weighted by Gasteiger charge is 2.22. The lowest BCUT2D eigenvalue weighted by molar-refractivity contribution is -0.149. The molecule has 152 valence electrons. The second-order valence-electron chi connectivity index (χ2n) is 6.83. The van der Waals surface area contributed by atoms with Crippen LogP contribution >= 0.6 is 0 Å². The van der Waals surface area contributed by atoms with Gasteiger partial charge in [-0.15, -0.1) is 10.2 Å². The summed E-state index contributed by atoms with van der Waals surface area (Å²) in [6, 6.07) is 14.1. The van der Waals surface area contributed by atoms with E-state index in [0.29, 0.717) is 5.89 Å². The van der Waals surface area contributed by atoms with Crippen LogP contribution in [0.2, 0.25) is 0 Å². The third-order valence-corrected chi connectivity index (χ3v) is 6.05. The van der Waals surface area contributed by atoms with Crippen molar-refractivity contribution in [1.82, 2.24) is 10.2 Å². The zero-order valence-electron chi connectivity index (χ0n) is 16.5. The molecule has 0 aliphatic heterocycles. The summed E-state index contributed by atoms with van der Waals surface area (Å²) in [5, 5.41) is 7.91. The van der Waals surface area contributed by atoms with Crippen LogP contribution in [0.5, 0.6) is 0 Å². The van der Waals surface area contributed by atoms with Crippen molar-refractivity contribution in [3.05, 3.63) is 65.5 Å². The van der Waals surface area contributed by atoms with Crippen LogP contribution in [0.1, 0.15) is 36.5 Å². The van der Waals surface area contributed by atoms with Crippen molar-refractivity contribution in [3.8, 4) is 11.5 Å². The van der Waals surface area contributed by atoms with Crippen molar-refractivity contribution in [2.24, 2.45) is 0 Å². The average molecular weight is 414 g/mol. The first-order valence-electron chi connectivity index (χ1n) is 9.14. The molecule has 1 heterocycles. The smallest absolute Gasteiger partial charge is 0.307 e. The maximum absolute atomic E-state index is 12.3. The van der Waals surface area contributed by atoms with Crippen LogP contribution in [-0.4, -0.2) is 30.3 Å². The van der Waals surface area contributed by atoms with Gasteiger partial charge in [-0.1, -0.05) is 35.4 Å². The van der Waals surface area contributed by atoms with Crippen LogP contribution in [0.4, 0.5) is 0 Å². The summed E-state index contributed by atoms with van der Waals surface area (Å²) in [5.41, 5.74) is 2.78. The third-order valence-electron chi connectivity index (χ3n) is 4.32. The topological polar surface area (TPSA) is 99.4 Å². The van der Waals surface area contributed by atoms with E-state index >= 15 is 0 Å². The summed E-state index contributed by atoms with van der Waals surface area (Å²) in [6.07, 6.45) is -1.05. The van der Waals surface area contributed by atoms with E-state index in [1.165, 1.54) is 12.1 Å². The molecule has 1 atom stereocenters. The molecule has 0 radical (unpaired) electrons. The van der Waals surface area contributed by atoms with Gasteiger partial charge in [0.25, 0.3) is 5.89 Å². The number of aryl methyl sites for hydroxylation is 2. The van der Waals surface area contributed by atoms with Gasteiger partial charge in [-0.05, 0) is 45.0 Å². The molecular formula is C21H22N2O5S. The van der Waals surface area contributed by atoms with Gasteiger partial charge in [0.05, 0.1) is 17.1 Å². The molecule has 7 nitrogen and oxygen atoms in total. The number of esters is 1. The Morgan fingerprint density at radius 1 is 1.07 bits per heavy atom. The lowest BCUT2D eigenvalue weighted by atomic mass is 10.1. The number of hydrogen-bond donors (Lipinski definition) is 0. The Kier molecular flexibility index (Phi) is 6.12. The molecule has 0 amide bonds. The molecule has 3 aromatic rings. The molecule has 2 aromatic carbocycles. The Morgan fingerprint density at radius 3 is 2.48 bits per heavy atom. The second kappa shape index (κ2) is 8.57. The van der Waals surface area contributed by atoms with Crippen LogP contribution in [0.3, 0.4) is 0 Å². The van der Waals surface area contributed by atoms with Gasteiger partial charge in [0.1, 0.15) is 0 Å². The zero-order chi connectivity index (χ0) is 21.0. The highest BCUT2D eigenvalue weighted by atomic mass is 32.2. The molecule has 0 aliphatic rings. The number of benzene rings is 2.